The molecule has 0 aromatic carbocycles. The number of carbonyl (C=O) groups is 2. The molecule has 2 amide bonds. The molecule has 0 radical (unpaired) electrons. The van der Waals surface area contributed by atoms with Crippen LogP contribution >= 0.6 is 11.6 Å². The van der Waals surface area contributed by atoms with E-state index < -0.39 is 29.5 Å². The Balaban J connectivity index is 1.46. The summed E-state index contributed by atoms with van der Waals surface area (Å²) < 4.78 is 46.9. The molecule has 1 spiro atoms. The molecule has 3 fully saturated rings. The fraction of sp³-hybridized carbons (Fsp3) is 0.526. The van der Waals surface area contributed by atoms with Gasteiger partial charge in [0.15, 0.2) is 5.69 Å². The van der Waals surface area contributed by atoms with Crippen LogP contribution in [0, 0.1) is 0 Å². The van der Waals surface area contributed by atoms with E-state index in [0.29, 0.717) is 24.9 Å². The molecule has 1 N–H and O–H groups in total. The zero-order valence-corrected chi connectivity index (χ0v) is 16.5. The van der Waals surface area contributed by atoms with Crippen molar-refractivity contribution in [1.29, 1.82) is 0 Å². The molecule has 0 bridgehead atoms. The zero-order chi connectivity index (χ0) is 21.3. The van der Waals surface area contributed by atoms with Crippen molar-refractivity contribution >= 4 is 29.1 Å². The van der Waals surface area contributed by atoms with Crippen molar-refractivity contribution in [3.63, 3.8) is 0 Å². The molecule has 4 heterocycles. The quantitative estimate of drug-likeness (QED) is 0.771. The maximum atomic E-state index is 13.6. The molecular weight excluding hydrogens is 425 g/mol. The van der Waals surface area contributed by atoms with Crippen molar-refractivity contribution in [3.05, 3.63) is 34.1 Å². The van der Waals surface area contributed by atoms with Gasteiger partial charge >= 0.3 is 12.3 Å². The minimum atomic E-state index is -4.63. The van der Waals surface area contributed by atoms with Crippen LogP contribution in [0.5, 0.6) is 0 Å². The number of rotatable bonds is 2. The van der Waals surface area contributed by atoms with Crippen molar-refractivity contribution in [3.8, 4) is 0 Å². The number of ether oxygens (including phenoxy) is 1. The lowest BCUT2D eigenvalue weighted by Gasteiger charge is -2.36. The molecule has 7 nitrogen and oxygen atoms in total. The molecule has 2 aliphatic heterocycles. The number of carbonyl (C=O) groups excluding carboxylic acids is 2. The number of alkyl halides is 3. The van der Waals surface area contributed by atoms with Gasteiger partial charge in [-0.3, -0.25) is 4.79 Å². The highest BCUT2D eigenvalue weighted by Gasteiger charge is 2.44. The van der Waals surface area contributed by atoms with Crippen LogP contribution in [0.3, 0.4) is 0 Å². The zero-order valence-electron chi connectivity index (χ0n) is 15.8. The largest absolute Gasteiger partial charge is 0.441 e. The number of likely N-dealkylation sites (tertiary alicyclic amines) is 1. The summed E-state index contributed by atoms with van der Waals surface area (Å²) in [5.74, 6) is -0.445. The van der Waals surface area contributed by atoms with E-state index in [9.17, 15) is 22.8 Å². The molecule has 5 rings (SSSR count). The van der Waals surface area contributed by atoms with Crippen LogP contribution < -0.4 is 5.32 Å². The van der Waals surface area contributed by atoms with Crippen molar-refractivity contribution in [2.75, 3.05) is 19.6 Å². The molecule has 11 heteroatoms. The molecule has 2 saturated heterocycles. The van der Waals surface area contributed by atoms with Crippen molar-refractivity contribution in [2.24, 2.45) is 0 Å². The lowest BCUT2D eigenvalue weighted by Crippen LogP contribution is -2.48. The molecule has 0 atom stereocenters. The molecule has 2 aromatic rings. The highest BCUT2D eigenvalue weighted by atomic mass is 35.5. The van der Waals surface area contributed by atoms with Crippen molar-refractivity contribution < 1.29 is 27.5 Å². The van der Waals surface area contributed by atoms with E-state index in [4.69, 9.17) is 16.3 Å². The Morgan fingerprint density at radius 1 is 1.27 bits per heavy atom. The third-order valence-corrected chi connectivity index (χ3v) is 6.44. The first-order chi connectivity index (χ1) is 14.2. The number of piperidine rings is 1. The number of halogens is 4. The second kappa shape index (κ2) is 6.50. The standard InChI is InChI=1S/C19H18ClF3N4O3/c20-14-12-7-11(10-1-2-10)8-13(19(21,22)23)27(12)25-15(14)16(28)26-5-3-18(4-6-26)9-24-17(29)30-18/h7-8,10H,1-6,9H2,(H,24,29). The summed E-state index contributed by atoms with van der Waals surface area (Å²) in [7, 11) is 0. The Kier molecular flexibility index (Phi) is 4.22. The predicted molar refractivity (Wildman–Crippen MR) is 99.5 cm³/mol. The van der Waals surface area contributed by atoms with E-state index in [1.165, 1.54) is 4.90 Å². The maximum Gasteiger partial charge on any atom is 0.433 e. The Morgan fingerprint density at radius 2 is 1.97 bits per heavy atom. The predicted octanol–water partition coefficient (Wildman–Crippen LogP) is 3.60. The number of alkyl carbamates (subject to hydrolysis) is 1. The molecule has 2 aromatic heterocycles. The number of pyridine rings is 1. The highest BCUT2D eigenvalue weighted by Crippen LogP contribution is 2.43. The average Bonchev–Trinajstić information content (AvgIpc) is 3.42. The lowest BCUT2D eigenvalue weighted by molar-refractivity contribution is -0.142. The lowest BCUT2D eigenvalue weighted by atomic mass is 9.91. The summed E-state index contributed by atoms with van der Waals surface area (Å²) in [6.07, 6.45) is -2.58. The van der Waals surface area contributed by atoms with Crippen LogP contribution in [0.4, 0.5) is 18.0 Å². The smallest absolute Gasteiger partial charge is 0.433 e. The Bertz CT molecular complexity index is 1060. The number of hydrogen-bond acceptors (Lipinski definition) is 4. The molecule has 30 heavy (non-hydrogen) atoms. The highest BCUT2D eigenvalue weighted by molar-refractivity contribution is 6.36. The molecule has 3 aliphatic rings. The van der Waals surface area contributed by atoms with E-state index in [2.05, 4.69) is 10.4 Å². The van der Waals surface area contributed by atoms with Gasteiger partial charge in [0.25, 0.3) is 5.91 Å². The molecule has 1 aliphatic carbocycles. The van der Waals surface area contributed by atoms with Crippen LogP contribution in [0.2, 0.25) is 5.02 Å². The number of aromatic nitrogens is 2. The topological polar surface area (TPSA) is 75.9 Å². The second-order valence-electron chi connectivity index (χ2n) is 8.12. The van der Waals surface area contributed by atoms with Crippen molar-refractivity contribution in [2.45, 2.75) is 43.4 Å². The first kappa shape index (κ1) is 19.5. The van der Waals surface area contributed by atoms with Crippen LogP contribution in [-0.2, 0) is 10.9 Å². The maximum absolute atomic E-state index is 13.6. The summed E-state index contributed by atoms with van der Waals surface area (Å²) in [4.78, 5) is 25.9. The Labute approximate surface area is 174 Å². The van der Waals surface area contributed by atoms with Crippen LogP contribution in [-0.4, -0.2) is 51.7 Å². The number of hydrogen-bond donors (Lipinski definition) is 1. The van der Waals surface area contributed by atoms with Crippen LogP contribution in [0.1, 0.15) is 53.3 Å². The number of nitrogens with one attached hydrogen (secondary N) is 1. The van der Waals surface area contributed by atoms with Crippen LogP contribution in [0.15, 0.2) is 12.1 Å². The summed E-state index contributed by atoms with van der Waals surface area (Å²) in [6, 6.07) is 2.68. The van der Waals surface area contributed by atoms with Crippen LogP contribution in [0.25, 0.3) is 5.52 Å². The van der Waals surface area contributed by atoms with E-state index in [1.54, 1.807) is 6.07 Å². The Hall–Kier alpha value is -2.49. The second-order valence-corrected chi connectivity index (χ2v) is 8.50. The van der Waals surface area contributed by atoms with Gasteiger partial charge in [0.2, 0.25) is 0 Å². The third kappa shape index (κ3) is 3.17. The first-order valence-corrected chi connectivity index (χ1v) is 10.1. The first-order valence-electron chi connectivity index (χ1n) is 9.72. The van der Waals surface area contributed by atoms with E-state index in [0.717, 1.165) is 23.4 Å². The third-order valence-electron chi connectivity index (χ3n) is 6.06. The monoisotopic (exact) mass is 442 g/mol. The Morgan fingerprint density at radius 3 is 2.53 bits per heavy atom. The van der Waals surface area contributed by atoms with Gasteiger partial charge in [-0.15, -0.1) is 0 Å². The normalized spacial score (nSPS) is 21.2. The van der Waals surface area contributed by atoms with E-state index in [1.807, 2.05) is 0 Å². The number of fused-ring (bicyclic) bond motifs is 1. The minimum absolute atomic E-state index is 0.0813. The van der Waals surface area contributed by atoms with Gasteiger partial charge in [-0.2, -0.15) is 18.3 Å². The van der Waals surface area contributed by atoms with Gasteiger partial charge in [0.1, 0.15) is 11.3 Å². The fourth-order valence-corrected chi connectivity index (χ4v) is 4.43. The SMILES string of the molecule is O=C1NCC2(CCN(C(=O)c3nn4c(C(F)(F)F)cc(C5CC5)cc4c3Cl)CC2)O1. The summed E-state index contributed by atoms with van der Waals surface area (Å²) in [6.45, 7) is 0.955. The number of nitrogens with zero attached hydrogens (tertiary/aromatic N) is 3. The van der Waals surface area contributed by atoms with Gasteiger partial charge in [0, 0.05) is 25.9 Å². The molecular formula is C19H18ClF3N4O3. The molecule has 160 valence electrons. The summed E-state index contributed by atoms with van der Waals surface area (Å²) in [5, 5.41) is 6.48. The van der Waals surface area contributed by atoms with Gasteiger partial charge in [-0.25, -0.2) is 9.31 Å². The van der Waals surface area contributed by atoms with Crippen molar-refractivity contribution in [1.82, 2.24) is 19.8 Å². The molecule has 1 saturated carbocycles. The van der Waals surface area contributed by atoms with Gasteiger partial charge in [-0.05, 0) is 36.5 Å². The van der Waals surface area contributed by atoms with E-state index in [-0.39, 0.29) is 35.2 Å². The average molecular weight is 443 g/mol. The van der Waals surface area contributed by atoms with Gasteiger partial charge < -0.3 is 15.0 Å². The van der Waals surface area contributed by atoms with Gasteiger partial charge in [-0.1, -0.05) is 11.6 Å². The van der Waals surface area contributed by atoms with E-state index >= 15 is 0 Å². The summed E-state index contributed by atoms with van der Waals surface area (Å²) in [5.41, 5.74) is -1.14. The summed E-state index contributed by atoms with van der Waals surface area (Å²) >= 11 is 6.35. The number of amides is 2. The van der Waals surface area contributed by atoms with Gasteiger partial charge in [0.05, 0.1) is 17.1 Å². The minimum Gasteiger partial charge on any atom is -0.441 e. The fourth-order valence-electron chi connectivity index (χ4n) is 4.18. The molecule has 0 unspecified atom stereocenters.